The quantitative estimate of drug-likeness (QED) is 0.794. The normalized spacial score (nSPS) is 10.9. The predicted octanol–water partition coefficient (Wildman–Crippen LogP) is 3.49. The smallest absolute Gasteiger partial charge is 0.0726 e. The highest BCUT2D eigenvalue weighted by Gasteiger charge is 2.14. The molecule has 0 N–H and O–H groups in total. The van der Waals surface area contributed by atoms with Crippen LogP contribution in [0.3, 0.4) is 0 Å². The Balaban J connectivity index is 2.65. The molecule has 96 valence electrons. The minimum Gasteiger partial charge on any atom is -0.261 e. The molecule has 18 heavy (non-hydrogen) atoms. The summed E-state index contributed by atoms with van der Waals surface area (Å²) < 4.78 is 1.99. The fourth-order valence-corrected chi connectivity index (χ4v) is 2.50. The van der Waals surface area contributed by atoms with Crippen molar-refractivity contribution in [2.45, 2.75) is 40.0 Å². The van der Waals surface area contributed by atoms with Gasteiger partial charge in [-0.2, -0.15) is 5.10 Å². The van der Waals surface area contributed by atoms with Crippen molar-refractivity contribution in [2.24, 2.45) is 0 Å². The average Bonchev–Trinajstić information content (AvgIpc) is 2.64. The number of aromatic nitrogens is 3. The first-order valence-electron chi connectivity index (χ1n) is 6.15. The van der Waals surface area contributed by atoms with Gasteiger partial charge in [-0.1, -0.05) is 6.92 Å². The Morgan fingerprint density at radius 1 is 1.28 bits per heavy atom. The molecule has 3 nitrogen and oxygen atoms in total. The molecule has 2 rings (SSSR count). The molecule has 0 aromatic carbocycles. The van der Waals surface area contributed by atoms with Crippen molar-refractivity contribution in [2.75, 3.05) is 0 Å². The Bertz CT molecular complexity index is 573. The molecular weight excluding hydrogens is 246 g/mol. The lowest BCUT2D eigenvalue weighted by Gasteiger charge is -2.10. The molecule has 4 heteroatoms. The Morgan fingerprint density at radius 2 is 2.00 bits per heavy atom. The maximum absolute atomic E-state index is 5.99. The van der Waals surface area contributed by atoms with E-state index in [9.17, 15) is 0 Å². The molecule has 0 spiro atoms. The predicted molar refractivity (Wildman–Crippen MR) is 74.5 cm³/mol. The summed E-state index contributed by atoms with van der Waals surface area (Å²) >= 11 is 5.99. The Morgan fingerprint density at radius 3 is 2.56 bits per heavy atom. The van der Waals surface area contributed by atoms with Crippen LogP contribution in [0.15, 0.2) is 12.3 Å². The first-order valence-corrected chi connectivity index (χ1v) is 6.68. The summed E-state index contributed by atoms with van der Waals surface area (Å²) in [4.78, 5) is 4.29. The van der Waals surface area contributed by atoms with Crippen molar-refractivity contribution in [1.29, 1.82) is 0 Å². The highest BCUT2D eigenvalue weighted by Crippen LogP contribution is 2.22. The van der Waals surface area contributed by atoms with Crippen LogP contribution in [0, 0.1) is 20.8 Å². The van der Waals surface area contributed by atoms with Gasteiger partial charge < -0.3 is 0 Å². The zero-order valence-corrected chi connectivity index (χ0v) is 12.0. The number of halogens is 1. The third-order valence-electron chi connectivity index (χ3n) is 3.27. The minimum absolute atomic E-state index is 0.447. The summed E-state index contributed by atoms with van der Waals surface area (Å²) in [5, 5.41) is 4.63. The van der Waals surface area contributed by atoms with E-state index in [2.05, 4.69) is 30.9 Å². The minimum atomic E-state index is 0.447. The van der Waals surface area contributed by atoms with Crippen LogP contribution in [-0.2, 0) is 12.3 Å². The van der Waals surface area contributed by atoms with E-state index >= 15 is 0 Å². The van der Waals surface area contributed by atoms with E-state index in [0.29, 0.717) is 5.88 Å². The molecule has 0 unspecified atom stereocenters. The molecule has 0 aliphatic carbocycles. The number of aryl methyl sites for hydroxylation is 2. The van der Waals surface area contributed by atoms with Crippen LogP contribution in [0.4, 0.5) is 0 Å². The maximum Gasteiger partial charge on any atom is 0.0726 e. The Hall–Kier alpha value is -1.35. The summed E-state index contributed by atoms with van der Waals surface area (Å²) in [6.45, 7) is 8.29. The van der Waals surface area contributed by atoms with E-state index in [1.165, 1.54) is 11.3 Å². The van der Waals surface area contributed by atoms with Gasteiger partial charge in [0.2, 0.25) is 0 Å². The summed E-state index contributed by atoms with van der Waals surface area (Å²) in [5.74, 6) is 0.447. The third kappa shape index (κ3) is 2.15. The highest BCUT2D eigenvalue weighted by molar-refractivity contribution is 6.17. The van der Waals surface area contributed by atoms with Gasteiger partial charge >= 0.3 is 0 Å². The van der Waals surface area contributed by atoms with Crippen LogP contribution in [0.25, 0.3) is 5.69 Å². The molecule has 0 aliphatic heterocycles. The second kappa shape index (κ2) is 5.11. The fraction of sp³-hybridized carbons (Fsp3) is 0.429. The first-order chi connectivity index (χ1) is 8.58. The van der Waals surface area contributed by atoms with Gasteiger partial charge in [0.25, 0.3) is 0 Å². The molecule has 0 bridgehead atoms. The lowest BCUT2D eigenvalue weighted by molar-refractivity contribution is 0.820. The van der Waals surface area contributed by atoms with Crippen molar-refractivity contribution in [3.05, 3.63) is 40.5 Å². The van der Waals surface area contributed by atoms with Crippen molar-refractivity contribution in [3.8, 4) is 5.69 Å². The van der Waals surface area contributed by atoms with E-state index in [-0.39, 0.29) is 0 Å². The van der Waals surface area contributed by atoms with Gasteiger partial charge in [-0.3, -0.25) is 4.98 Å². The largest absolute Gasteiger partial charge is 0.261 e. The van der Waals surface area contributed by atoms with E-state index in [4.69, 9.17) is 11.6 Å². The number of nitrogens with zero attached hydrogens (tertiary/aromatic N) is 3. The topological polar surface area (TPSA) is 30.7 Å². The second-order valence-electron chi connectivity index (χ2n) is 4.50. The van der Waals surface area contributed by atoms with E-state index in [1.54, 1.807) is 0 Å². The Labute approximate surface area is 113 Å². The lowest BCUT2D eigenvalue weighted by Crippen LogP contribution is -2.04. The Kier molecular flexibility index (Phi) is 3.71. The molecule has 0 fully saturated rings. The van der Waals surface area contributed by atoms with Gasteiger partial charge in [0.1, 0.15) is 0 Å². The van der Waals surface area contributed by atoms with Crippen molar-refractivity contribution < 1.29 is 0 Å². The van der Waals surface area contributed by atoms with Gasteiger partial charge in [0, 0.05) is 23.1 Å². The summed E-state index contributed by atoms with van der Waals surface area (Å²) in [7, 11) is 0. The molecule has 2 aromatic rings. The first kappa shape index (κ1) is 13.1. The summed E-state index contributed by atoms with van der Waals surface area (Å²) in [5.41, 5.74) is 6.61. The number of pyridine rings is 1. The van der Waals surface area contributed by atoms with Crippen LogP contribution in [-0.4, -0.2) is 14.8 Å². The summed E-state index contributed by atoms with van der Waals surface area (Å²) in [6, 6.07) is 2.04. The molecule has 0 aliphatic rings. The zero-order chi connectivity index (χ0) is 13.3. The zero-order valence-electron chi connectivity index (χ0n) is 11.3. The van der Waals surface area contributed by atoms with Crippen molar-refractivity contribution >= 4 is 11.6 Å². The van der Waals surface area contributed by atoms with Gasteiger partial charge in [0.15, 0.2) is 0 Å². The van der Waals surface area contributed by atoms with Crippen LogP contribution >= 0.6 is 11.6 Å². The molecule has 0 saturated heterocycles. The van der Waals surface area contributed by atoms with E-state index < -0.39 is 0 Å². The fourth-order valence-electron chi connectivity index (χ4n) is 2.30. The molecule has 0 radical (unpaired) electrons. The van der Waals surface area contributed by atoms with Gasteiger partial charge in [-0.25, -0.2) is 4.68 Å². The average molecular weight is 264 g/mol. The SMILES string of the molecule is CCc1c(C)nn(-c2cc(C)ncc2CCl)c1C. The molecule has 2 heterocycles. The number of hydrogen-bond acceptors (Lipinski definition) is 2. The monoisotopic (exact) mass is 263 g/mol. The van der Waals surface area contributed by atoms with Crippen LogP contribution in [0.2, 0.25) is 0 Å². The van der Waals surface area contributed by atoms with E-state index in [0.717, 1.165) is 29.1 Å². The number of rotatable bonds is 3. The van der Waals surface area contributed by atoms with Crippen LogP contribution in [0.1, 0.15) is 35.1 Å². The van der Waals surface area contributed by atoms with Gasteiger partial charge in [-0.15, -0.1) is 11.6 Å². The van der Waals surface area contributed by atoms with Crippen molar-refractivity contribution in [1.82, 2.24) is 14.8 Å². The van der Waals surface area contributed by atoms with Gasteiger partial charge in [-0.05, 0) is 38.8 Å². The van der Waals surface area contributed by atoms with Crippen LogP contribution in [0.5, 0.6) is 0 Å². The molecule has 0 saturated carbocycles. The molecule has 0 amide bonds. The number of alkyl halides is 1. The molecular formula is C14H18ClN3. The van der Waals surface area contributed by atoms with E-state index in [1.807, 2.05) is 23.9 Å². The number of hydrogen-bond donors (Lipinski definition) is 0. The molecule has 0 atom stereocenters. The van der Waals surface area contributed by atoms with Crippen LogP contribution < -0.4 is 0 Å². The maximum atomic E-state index is 5.99. The van der Waals surface area contributed by atoms with Crippen molar-refractivity contribution in [3.63, 3.8) is 0 Å². The second-order valence-corrected chi connectivity index (χ2v) is 4.77. The summed E-state index contributed by atoms with van der Waals surface area (Å²) in [6.07, 6.45) is 2.83. The van der Waals surface area contributed by atoms with Gasteiger partial charge in [0.05, 0.1) is 17.3 Å². The third-order valence-corrected chi connectivity index (χ3v) is 3.55. The highest BCUT2D eigenvalue weighted by atomic mass is 35.5. The molecule has 2 aromatic heterocycles. The standard InChI is InChI=1S/C14H18ClN3/c1-5-13-10(3)17-18(11(13)4)14-6-9(2)16-8-12(14)7-15/h6,8H,5,7H2,1-4H3. The lowest BCUT2D eigenvalue weighted by atomic mass is 10.1.